The van der Waals surface area contributed by atoms with Crippen LogP contribution in [0.5, 0.6) is 11.5 Å². The quantitative estimate of drug-likeness (QED) is 0.289. The Balaban J connectivity index is 1.20. The smallest absolute Gasteiger partial charge is 0.268 e. The summed E-state index contributed by atoms with van der Waals surface area (Å²) in [6, 6.07) is 19.2. The highest BCUT2D eigenvalue weighted by molar-refractivity contribution is 7.89. The van der Waals surface area contributed by atoms with Gasteiger partial charge in [-0.25, -0.2) is 8.42 Å². The molecule has 0 spiro atoms. The monoisotopic (exact) mass is 632 g/mol. The zero-order chi connectivity index (χ0) is 30.8. The Morgan fingerprint density at radius 1 is 0.977 bits per heavy atom. The molecule has 0 bridgehead atoms. The maximum Gasteiger partial charge on any atom is 0.268 e. The molecule has 44 heavy (non-hydrogen) atoms. The van der Waals surface area contributed by atoms with Crippen LogP contribution in [-0.4, -0.2) is 71.4 Å². The Labute approximate surface area is 257 Å². The second-order valence-corrected chi connectivity index (χ2v) is 13.4. The van der Waals surface area contributed by atoms with Crippen molar-refractivity contribution in [2.75, 3.05) is 13.1 Å². The van der Waals surface area contributed by atoms with Gasteiger partial charge in [-0.15, -0.1) is 11.3 Å². The highest BCUT2D eigenvalue weighted by Crippen LogP contribution is 2.34. The summed E-state index contributed by atoms with van der Waals surface area (Å²) in [6.07, 6.45) is 1.74. The van der Waals surface area contributed by atoms with Crippen LogP contribution in [0.15, 0.2) is 100 Å². The number of aromatic amines is 1. The van der Waals surface area contributed by atoms with Crippen molar-refractivity contribution in [2.24, 2.45) is 0 Å². The third-order valence-electron chi connectivity index (χ3n) is 7.71. The molecule has 2 fully saturated rings. The number of Topliss-reactive ketones (excluding diaryl/α,β-unsaturated/α-hetero) is 1. The number of para-hydroxylation sites is 1. The topological polar surface area (TPSA) is 146 Å². The van der Waals surface area contributed by atoms with Gasteiger partial charge in [-0.2, -0.15) is 4.31 Å². The Bertz CT molecular complexity index is 1840. The van der Waals surface area contributed by atoms with Crippen molar-refractivity contribution in [3.63, 3.8) is 0 Å². The Hall–Kier alpha value is -4.59. The van der Waals surface area contributed by atoms with Crippen LogP contribution in [0, 0.1) is 0 Å². The number of pyridine rings is 1. The van der Waals surface area contributed by atoms with Gasteiger partial charge in [0.15, 0.2) is 5.78 Å². The van der Waals surface area contributed by atoms with Gasteiger partial charge >= 0.3 is 0 Å². The molecule has 11 nitrogen and oxygen atoms in total. The van der Waals surface area contributed by atoms with Crippen molar-refractivity contribution in [2.45, 2.75) is 35.9 Å². The summed E-state index contributed by atoms with van der Waals surface area (Å²) >= 11 is 1.43. The van der Waals surface area contributed by atoms with Gasteiger partial charge in [0.1, 0.15) is 28.5 Å². The zero-order valence-corrected chi connectivity index (χ0v) is 24.9. The number of benzene rings is 2. The molecule has 3 unspecified atom stereocenters. The van der Waals surface area contributed by atoms with Crippen molar-refractivity contribution in [3.05, 3.63) is 111 Å². The average molecular weight is 633 g/mol. The fourth-order valence-corrected chi connectivity index (χ4v) is 8.07. The van der Waals surface area contributed by atoms with Crippen LogP contribution in [0.4, 0.5) is 0 Å². The fraction of sp³-hybridized carbons (Fsp3) is 0.226. The molecule has 0 aliphatic carbocycles. The van der Waals surface area contributed by atoms with Crippen molar-refractivity contribution < 1.29 is 27.5 Å². The maximum absolute atomic E-state index is 14.0. The van der Waals surface area contributed by atoms with Gasteiger partial charge in [0, 0.05) is 29.6 Å². The number of hydrogen-bond acceptors (Lipinski definition) is 8. The van der Waals surface area contributed by atoms with Gasteiger partial charge in [0.05, 0.1) is 12.6 Å². The van der Waals surface area contributed by atoms with E-state index in [-0.39, 0.29) is 19.4 Å². The van der Waals surface area contributed by atoms with E-state index in [0.29, 0.717) is 17.1 Å². The molecule has 2 aromatic carbocycles. The third-order valence-corrected chi connectivity index (χ3v) is 10.5. The molecule has 3 atom stereocenters. The Morgan fingerprint density at radius 2 is 1.73 bits per heavy atom. The number of nitrogens with zero attached hydrogens (tertiary/aromatic N) is 2. The van der Waals surface area contributed by atoms with E-state index < -0.39 is 62.7 Å². The fourth-order valence-electron chi connectivity index (χ4n) is 5.65. The number of thiophene rings is 1. The summed E-state index contributed by atoms with van der Waals surface area (Å²) in [6.45, 7) is -0.325. The number of ketones is 1. The average Bonchev–Trinajstić information content (AvgIpc) is 3.77. The number of carbonyl (C=O) groups is 3. The molecule has 2 N–H and O–H groups in total. The molecule has 6 rings (SSSR count). The number of rotatable bonds is 9. The lowest BCUT2D eigenvalue weighted by Crippen LogP contribution is -2.53. The standard InChI is InChI=1S/C31H28N4O7S2/c36-26-19-35(44(40,41)27-9-4-15-32-30(27)38)25-14-16-34(28(25)26)31(39)24(18-23-8-5-17-43-23)33-29(37)20-10-12-22(13-11-20)42-21-6-2-1-3-7-21/h1-13,15,17,24-25,28H,14,16,18-19H2,(H,32,38)(H,33,37). The molecule has 2 saturated heterocycles. The first-order valence-corrected chi connectivity index (χ1v) is 16.2. The van der Waals surface area contributed by atoms with Crippen molar-refractivity contribution in [1.29, 1.82) is 0 Å². The molecule has 2 aliphatic heterocycles. The summed E-state index contributed by atoms with van der Waals surface area (Å²) in [4.78, 5) is 56.9. The predicted molar refractivity (Wildman–Crippen MR) is 162 cm³/mol. The summed E-state index contributed by atoms with van der Waals surface area (Å²) in [5.74, 6) is -0.204. The van der Waals surface area contributed by atoms with Gasteiger partial charge in [-0.1, -0.05) is 24.3 Å². The summed E-state index contributed by atoms with van der Waals surface area (Å²) in [7, 11) is -4.29. The largest absolute Gasteiger partial charge is 0.457 e. The number of sulfonamides is 1. The van der Waals surface area contributed by atoms with E-state index in [1.165, 1.54) is 34.6 Å². The second kappa shape index (κ2) is 12.2. The van der Waals surface area contributed by atoms with Crippen molar-refractivity contribution in [3.8, 4) is 11.5 Å². The summed E-state index contributed by atoms with van der Waals surface area (Å²) in [5, 5.41) is 4.70. The van der Waals surface area contributed by atoms with Gasteiger partial charge in [0.25, 0.3) is 11.5 Å². The normalized spacial score (nSPS) is 19.0. The highest BCUT2D eigenvalue weighted by atomic mass is 32.2. The van der Waals surface area contributed by atoms with Crippen LogP contribution >= 0.6 is 11.3 Å². The number of hydrogen-bond donors (Lipinski definition) is 2. The van der Waals surface area contributed by atoms with E-state index >= 15 is 0 Å². The second-order valence-electron chi connectivity index (χ2n) is 10.5. The van der Waals surface area contributed by atoms with Gasteiger partial charge in [-0.05, 0) is 66.4 Å². The number of ether oxygens (including phenoxy) is 1. The molecule has 226 valence electrons. The lowest BCUT2D eigenvalue weighted by molar-refractivity contribution is -0.138. The number of amides is 2. The van der Waals surface area contributed by atoms with Gasteiger partial charge in [0.2, 0.25) is 15.9 Å². The van der Waals surface area contributed by atoms with Crippen LogP contribution < -0.4 is 15.6 Å². The van der Waals surface area contributed by atoms with Crippen LogP contribution in [-0.2, 0) is 26.0 Å². The first-order chi connectivity index (χ1) is 21.2. The van der Waals surface area contributed by atoms with E-state index in [1.54, 1.807) is 24.3 Å². The zero-order valence-electron chi connectivity index (χ0n) is 23.3. The number of carbonyl (C=O) groups excluding carboxylic acids is 3. The first kappa shape index (κ1) is 29.5. The van der Waals surface area contributed by atoms with E-state index in [2.05, 4.69) is 10.3 Å². The lowest BCUT2D eigenvalue weighted by Gasteiger charge is -2.28. The maximum atomic E-state index is 14.0. The molecular weight excluding hydrogens is 604 g/mol. The highest BCUT2D eigenvalue weighted by Gasteiger charge is 2.54. The minimum Gasteiger partial charge on any atom is -0.457 e. The summed E-state index contributed by atoms with van der Waals surface area (Å²) in [5.41, 5.74) is -0.469. The Kier molecular flexibility index (Phi) is 8.17. The third kappa shape index (κ3) is 5.81. The number of H-pyrrole nitrogens is 1. The van der Waals surface area contributed by atoms with E-state index in [9.17, 15) is 27.6 Å². The Morgan fingerprint density at radius 3 is 2.43 bits per heavy atom. The molecular formula is C31H28N4O7S2. The molecule has 0 radical (unpaired) electrons. The van der Waals surface area contributed by atoms with Crippen molar-refractivity contribution in [1.82, 2.24) is 19.5 Å². The molecule has 4 aromatic rings. The minimum absolute atomic E-state index is 0.124. The molecule has 4 heterocycles. The van der Waals surface area contributed by atoms with E-state index in [0.717, 1.165) is 9.18 Å². The molecule has 2 aromatic heterocycles. The van der Waals surface area contributed by atoms with Crippen molar-refractivity contribution >= 4 is 39.0 Å². The van der Waals surface area contributed by atoms with Gasteiger partial charge in [-0.3, -0.25) is 19.2 Å². The molecule has 2 amide bonds. The van der Waals surface area contributed by atoms with E-state index in [1.807, 2.05) is 47.8 Å². The first-order valence-electron chi connectivity index (χ1n) is 13.9. The summed E-state index contributed by atoms with van der Waals surface area (Å²) < 4.78 is 33.6. The molecule has 2 aliphatic rings. The van der Waals surface area contributed by atoms with E-state index in [4.69, 9.17) is 4.74 Å². The minimum atomic E-state index is -4.29. The van der Waals surface area contributed by atoms with Crippen LogP contribution in [0.25, 0.3) is 0 Å². The molecule has 13 heteroatoms. The van der Waals surface area contributed by atoms with Gasteiger partial charge < -0.3 is 19.9 Å². The van der Waals surface area contributed by atoms with Crippen LogP contribution in [0.1, 0.15) is 21.7 Å². The van der Waals surface area contributed by atoms with Crippen LogP contribution in [0.3, 0.4) is 0 Å². The number of fused-ring (bicyclic) bond motifs is 1. The number of likely N-dealkylation sites (tertiary alicyclic amines) is 1. The van der Waals surface area contributed by atoms with Crippen LogP contribution in [0.2, 0.25) is 0 Å². The number of nitrogens with one attached hydrogen (secondary N) is 2. The SMILES string of the molecule is O=C(NC(Cc1cccs1)C(=O)N1CCC2C1C(=O)CN2S(=O)(=O)c1ccc[nH]c1=O)c1ccc(Oc2ccccc2)cc1. The lowest BCUT2D eigenvalue weighted by atomic mass is 10.1. The predicted octanol–water partition coefficient (Wildman–Crippen LogP) is 2.81. The number of aromatic nitrogens is 1. The molecule has 0 saturated carbocycles.